The summed E-state index contributed by atoms with van der Waals surface area (Å²) in [6.07, 6.45) is 15.1. The summed E-state index contributed by atoms with van der Waals surface area (Å²) in [5.74, 6) is 1.95. The molecule has 0 aromatic rings. The number of fused-ring (bicyclic) bond motifs is 5. The van der Waals surface area contributed by atoms with E-state index in [2.05, 4.69) is 25.1 Å². The van der Waals surface area contributed by atoms with Crippen LogP contribution in [-0.4, -0.2) is 46.5 Å². The lowest BCUT2D eigenvalue weighted by atomic mass is 9.43. The van der Waals surface area contributed by atoms with Gasteiger partial charge in [-0.2, -0.15) is 0 Å². The normalized spacial score (nSPS) is 49.8. The van der Waals surface area contributed by atoms with E-state index in [1.165, 1.54) is 6.42 Å². The largest absolute Gasteiger partial charge is 0.393 e. The average molecular weight is 406 g/mol. The van der Waals surface area contributed by atoms with Gasteiger partial charge in [-0.1, -0.05) is 25.1 Å². The third-order valence-electron chi connectivity index (χ3n) is 9.64. The van der Waals surface area contributed by atoms with Crippen LogP contribution in [0.4, 0.5) is 0 Å². The van der Waals surface area contributed by atoms with Crippen molar-refractivity contribution >= 4 is 6.21 Å². The number of aliphatic hydroxyl groups is 3. The first-order valence-electron chi connectivity index (χ1n) is 11.7. The highest BCUT2D eigenvalue weighted by molar-refractivity contribution is 5.70. The highest BCUT2D eigenvalue weighted by Crippen LogP contribution is 2.69. The molecule has 0 saturated heterocycles. The first-order chi connectivity index (χ1) is 13.8. The molecule has 4 fully saturated rings. The number of hydrogen-bond donors (Lipinski definition) is 3. The summed E-state index contributed by atoms with van der Waals surface area (Å²) in [6, 6.07) is 0. The topological polar surface area (TPSA) is 82.3 Å². The smallest absolute Gasteiger partial charge is 0.140 e. The molecular formula is C24H39NO4. The van der Waals surface area contributed by atoms with Crippen molar-refractivity contribution < 1.29 is 20.2 Å². The van der Waals surface area contributed by atoms with E-state index in [-0.39, 0.29) is 30.1 Å². The minimum Gasteiger partial charge on any atom is -0.393 e. The first-order valence-corrected chi connectivity index (χ1v) is 11.7. The Balaban J connectivity index is 1.51. The summed E-state index contributed by atoms with van der Waals surface area (Å²) in [6.45, 7) is 4.95. The van der Waals surface area contributed by atoms with E-state index in [9.17, 15) is 10.2 Å². The van der Waals surface area contributed by atoms with Crippen molar-refractivity contribution in [2.24, 2.45) is 39.7 Å². The zero-order chi connectivity index (χ0) is 20.7. The van der Waals surface area contributed by atoms with Crippen LogP contribution in [0.1, 0.15) is 71.6 Å². The maximum absolute atomic E-state index is 12.1. The molecule has 4 aliphatic carbocycles. The number of oxime groups is 1. The van der Waals surface area contributed by atoms with E-state index in [0.29, 0.717) is 23.7 Å². The molecule has 0 unspecified atom stereocenters. The molecule has 4 rings (SSSR count). The lowest BCUT2D eigenvalue weighted by molar-refractivity contribution is -0.207. The Morgan fingerprint density at radius 1 is 1.03 bits per heavy atom. The Hall–Kier alpha value is -0.910. The molecule has 8 atom stereocenters. The van der Waals surface area contributed by atoms with Crippen LogP contribution >= 0.6 is 0 Å². The van der Waals surface area contributed by atoms with Crippen molar-refractivity contribution in [2.75, 3.05) is 13.2 Å². The third kappa shape index (κ3) is 3.37. The Bertz CT molecular complexity index is 651. The summed E-state index contributed by atoms with van der Waals surface area (Å²) < 4.78 is 0. The fraction of sp³-hybridized carbons (Fsp3) is 0.875. The van der Waals surface area contributed by atoms with Gasteiger partial charge in [-0.15, -0.1) is 0 Å². The standard InChI is InChI=1S/C24H39NO4/c1-22-10-8-19(27)16-18(22)5-6-21-20(22)9-11-23(2)17(7-12-24(21,23)28)4-3-13-25-29-15-14-26/h3-4,13,17-21,26-28H,5-12,14-16H2,1-2H3/b4-3+,25-13+/t17-,18+,19-,20-,21+,22-,23+,24-/m0/s1. The second-order valence-corrected chi connectivity index (χ2v) is 10.6. The van der Waals surface area contributed by atoms with Gasteiger partial charge in [-0.05, 0) is 93.0 Å². The molecule has 0 spiro atoms. The second kappa shape index (κ2) is 7.97. The van der Waals surface area contributed by atoms with Crippen LogP contribution in [0.3, 0.4) is 0 Å². The van der Waals surface area contributed by atoms with Gasteiger partial charge in [-0.3, -0.25) is 0 Å². The van der Waals surface area contributed by atoms with E-state index in [1.54, 1.807) is 6.21 Å². The maximum atomic E-state index is 12.1. The Labute approximate surface area is 175 Å². The van der Waals surface area contributed by atoms with E-state index in [0.717, 1.165) is 51.4 Å². The van der Waals surface area contributed by atoms with Gasteiger partial charge in [0.15, 0.2) is 0 Å². The fourth-order valence-electron chi connectivity index (χ4n) is 7.91. The number of rotatable bonds is 5. The van der Waals surface area contributed by atoms with Gasteiger partial charge in [0, 0.05) is 5.41 Å². The second-order valence-electron chi connectivity index (χ2n) is 10.6. The first kappa shape index (κ1) is 21.3. The summed E-state index contributed by atoms with van der Waals surface area (Å²) in [4.78, 5) is 4.94. The zero-order valence-electron chi connectivity index (χ0n) is 18.1. The molecule has 0 bridgehead atoms. The molecule has 29 heavy (non-hydrogen) atoms. The summed E-state index contributed by atoms with van der Waals surface area (Å²) in [7, 11) is 0. The summed E-state index contributed by atoms with van der Waals surface area (Å²) in [5, 5.41) is 34.9. The molecule has 0 radical (unpaired) electrons. The van der Waals surface area contributed by atoms with E-state index in [4.69, 9.17) is 9.94 Å². The monoisotopic (exact) mass is 405 g/mol. The summed E-state index contributed by atoms with van der Waals surface area (Å²) in [5.41, 5.74) is -0.384. The molecule has 0 heterocycles. The highest BCUT2D eigenvalue weighted by Gasteiger charge is 2.66. The van der Waals surface area contributed by atoms with E-state index in [1.807, 2.05) is 6.08 Å². The third-order valence-corrected chi connectivity index (χ3v) is 9.64. The molecule has 164 valence electrons. The fourth-order valence-corrected chi connectivity index (χ4v) is 7.91. The van der Waals surface area contributed by atoms with Crippen molar-refractivity contribution in [1.82, 2.24) is 0 Å². The van der Waals surface area contributed by atoms with Crippen LogP contribution in [-0.2, 0) is 4.84 Å². The van der Waals surface area contributed by atoms with Gasteiger partial charge >= 0.3 is 0 Å². The molecule has 4 saturated carbocycles. The van der Waals surface area contributed by atoms with Gasteiger partial charge in [-0.25, -0.2) is 0 Å². The van der Waals surface area contributed by atoms with Crippen LogP contribution < -0.4 is 0 Å². The molecule has 0 aromatic heterocycles. The van der Waals surface area contributed by atoms with E-state index < -0.39 is 5.60 Å². The van der Waals surface area contributed by atoms with Crippen molar-refractivity contribution in [3.8, 4) is 0 Å². The van der Waals surface area contributed by atoms with Gasteiger partial charge in [0.05, 0.1) is 24.5 Å². The van der Waals surface area contributed by atoms with Crippen LogP contribution in [0.5, 0.6) is 0 Å². The van der Waals surface area contributed by atoms with Gasteiger partial charge in [0.25, 0.3) is 0 Å². The van der Waals surface area contributed by atoms with Crippen molar-refractivity contribution in [2.45, 2.75) is 83.3 Å². The Morgan fingerprint density at radius 3 is 2.66 bits per heavy atom. The van der Waals surface area contributed by atoms with Crippen LogP contribution in [0.2, 0.25) is 0 Å². The van der Waals surface area contributed by atoms with Crippen molar-refractivity contribution in [1.29, 1.82) is 0 Å². The van der Waals surface area contributed by atoms with Crippen LogP contribution in [0, 0.1) is 34.5 Å². The Kier molecular flexibility index (Phi) is 5.86. The van der Waals surface area contributed by atoms with Crippen LogP contribution in [0.25, 0.3) is 0 Å². The molecule has 3 N–H and O–H groups in total. The molecule has 5 heteroatoms. The predicted octanol–water partition coefficient (Wildman–Crippen LogP) is 3.67. The predicted molar refractivity (Wildman–Crippen MR) is 113 cm³/mol. The number of aliphatic hydroxyl groups excluding tert-OH is 2. The number of nitrogens with zero attached hydrogens (tertiary/aromatic N) is 1. The average Bonchev–Trinajstić information content (AvgIpc) is 2.96. The van der Waals surface area contributed by atoms with Gasteiger partial charge < -0.3 is 20.2 Å². The van der Waals surface area contributed by atoms with E-state index >= 15 is 0 Å². The Morgan fingerprint density at radius 2 is 1.86 bits per heavy atom. The molecule has 5 nitrogen and oxygen atoms in total. The zero-order valence-corrected chi connectivity index (χ0v) is 18.1. The number of hydrogen-bond acceptors (Lipinski definition) is 5. The molecule has 0 amide bonds. The number of allylic oxidation sites excluding steroid dienone is 2. The van der Waals surface area contributed by atoms with Crippen LogP contribution in [0.15, 0.2) is 17.3 Å². The molecule has 0 aromatic carbocycles. The summed E-state index contributed by atoms with van der Waals surface area (Å²) >= 11 is 0. The lowest BCUT2D eigenvalue weighted by Gasteiger charge is -2.63. The molecule has 0 aliphatic heterocycles. The van der Waals surface area contributed by atoms with Crippen molar-refractivity contribution in [3.05, 3.63) is 12.2 Å². The lowest BCUT2D eigenvalue weighted by Crippen LogP contribution is -2.62. The molecular weight excluding hydrogens is 366 g/mol. The minimum atomic E-state index is -0.584. The van der Waals surface area contributed by atoms with Crippen molar-refractivity contribution in [3.63, 3.8) is 0 Å². The minimum absolute atomic E-state index is 0.0317. The quantitative estimate of drug-likeness (QED) is 0.370. The SMILES string of the molecule is C[C@]12CC[C@H](O)C[C@H]1CC[C@@H]1[C@@H]2CC[C@]2(C)[C@@H](/C=C/C=N/OCCO)CC[C@]12O. The molecule has 4 aliphatic rings. The highest BCUT2D eigenvalue weighted by atomic mass is 16.6. The maximum Gasteiger partial charge on any atom is 0.140 e. The van der Waals surface area contributed by atoms with Gasteiger partial charge in [0.1, 0.15) is 6.61 Å². The van der Waals surface area contributed by atoms with Gasteiger partial charge in [0.2, 0.25) is 0 Å².